The zero-order chi connectivity index (χ0) is 43.8. The summed E-state index contributed by atoms with van der Waals surface area (Å²) in [7, 11) is 55.0. The number of nitrogens with two attached hydrogens (primary N) is 2. The highest BCUT2D eigenvalue weighted by Gasteiger charge is 2.59. The van der Waals surface area contributed by atoms with Crippen LogP contribution in [0.3, 0.4) is 0 Å². The molecule has 0 saturated heterocycles. The monoisotopic (exact) mass is 703 g/mol. The Balaban J connectivity index is 3.41. The van der Waals surface area contributed by atoms with Crippen LogP contribution < -0.4 is 16.9 Å². The molecular formula is C13H56B42N2. The second kappa shape index (κ2) is 24.6. The fraction of sp³-hybridized carbons (Fsp3) is 0.0769. The van der Waals surface area contributed by atoms with Crippen molar-refractivity contribution in [1.29, 1.82) is 0 Å². The second-order valence-corrected chi connectivity index (χ2v) is 22.6. The van der Waals surface area contributed by atoms with Gasteiger partial charge in [0.15, 0.2) is 0 Å². The molecular weight excluding hydrogens is 638 g/mol. The molecule has 0 spiro atoms. The molecule has 0 aliphatic carbocycles. The topological polar surface area (TPSA) is 52.0 Å². The van der Waals surface area contributed by atoms with Crippen LogP contribution >= 0.6 is 0 Å². The van der Waals surface area contributed by atoms with Gasteiger partial charge in [-0.3, -0.25) is 0 Å². The third kappa shape index (κ3) is 14.4. The average molecular weight is 695 g/mol. The van der Waals surface area contributed by atoms with Gasteiger partial charge in [-0.2, -0.15) is 0 Å². The average Bonchev–Trinajstić information content (AvgIpc) is 3.04. The Hall–Kier alpha value is 0.767. The van der Waals surface area contributed by atoms with Gasteiger partial charge < -0.3 is 11.5 Å². The van der Waals surface area contributed by atoms with E-state index in [-0.39, 0.29) is 0 Å². The number of anilines is 2. The van der Waals surface area contributed by atoms with Crippen molar-refractivity contribution in [2.24, 2.45) is 0 Å². The minimum Gasteiger partial charge on any atom is -0.399 e. The minimum absolute atomic E-state index is 0.428. The highest BCUT2D eigenvalue weighted by molar-refractivity contribution is 8.30. The van der Waals surface area contributed by atoms with Gasteiger partial charge in [-0.1, -0.05) is 29.7 Å². The minimum atomic E-state index is 0.428. The molecule has 0 unspecified atom stereocenters. The van der Waals surface area contributed by atoms with Crippen molar-refractivity contribution in [1.82, 2.24) is 0 Å². The number of hydrogen-bond donors (Lipinski definition) is 2. The molecule has 0 aliphatic rings. The maximum absolute atomic E-state index is 6.29. The summed E-state index contributed by atoms with van der Waals surface area (Å²) in [6.07, 6.45) is 12.2. The van der Waals surface area contributed by atoms with E-state index in [1.165, 1.54) is 18.2 Å². The molecule has 57 heavy (non-hydrogen) atoms. The molecule has 0 amide bonds. The van der Waals surface area contributed by atoms with Crippen molar-refractivity contribution >= 4 is 314 Å². The number of rotatable bonds is 23. The van der Waals surface area contributed by atoms with Gasteiger partial charge in [-0.05, 0) is 35.7 Å². The summed E-state index contributed by atoms with van der Waals surface area (Å²) < 4.78 is 0. The lowest BCUT2D eigenvalue weighted by Gasteiger charge is -2.53. The molecule has 44 heteroatoms. The van der Waals surface area contributed by atoms with E-state index in [2.05, 4.69) is 199 Å². The summed E-state index contributed by atoms with van der Waals surface area (Å²) >= 11 is 0. The van der Waals surface area contributed by atoms with Crippen molar-refractivity contribution < 1.29 is 0 Å². The van der Waals surface area contributed by atoms with Crippen LogP contribution in [0, 0.1) is 0 Å². The van der Waals surface area contributed by atoms with E-state index in [0.717, 1.165) is 17.8 Å². The van der Waals surface area contributed by atoms with Crippen LogP contribution in [-0.2, 0) is 6.42 Å². The van der Waals surface area contributed by atoms with Gasteiger partial charge >= 0.3 is 0 Å². The first-order chi connectivity index (χ1) is 26.4. The predicted molar refractivity (Wildman–Crippen MR) is 366 cm³/mol. The summed E-state index contributed by atoms with van der Waals surface area (Å²) in [5.41, 5.74) is 18.2. The highest BCUT2D eigenvalue weighted by Crippen LogP contribution is 2.21. The van der Waals surface area contributed by atoms with Gasteiger partial charge in [0.1, 0.15) is 0 Å². The van der Waals surface area contributed by atoms with Crippen LogP contribution in [0.1, 0.15) is 11.1 Å². The normalized spacial score (nSPS) is 10.0. The molecule has 0 bridgehead atoms. The van der Waals surface area contributed by atoms with Gasteiger partial charge in [0.2, 0.25) is 0 Å². The smallest absolute Gasteiger partial charge is 0.0804 e. The van der Waals surface area contributed by atoms with Gasteiger partial charge in [-0.25, -0.2) is 0 Å². The molecule has 0 aromatic heterocycles. The standard InChI is InChI=1S/C13H56B42N2/c14-35-47(37(15)16)54(46(33)34)49(55(52(42(25)26)43(27)28)53(44(29)30)45(31)32)36(48(50(38(17)18)39(19)20)51(40(21)22)41(23)24)11-3-1-9(2-4-11)5-10-6-12(56)8-13(57)7-10/h1-4,6-8,35H,5,14-34,56-57H2. The largest absolute Gasteiger partial charge is 0.399 e. The van der Waals surface area contributed by atoms with Gasteiger partial charge in [0.05, 0.1) is 169 Å². The molecule has 2 rings (SSSR count). The van der Waals surface area contributed by atoms with Gasteiger partial charge in [0, 0.05) is 140 Å². The van der Waals surface area contributed by atoms with Crippen molar-refractivity contribution in [3.05, 3.63) is 53.6 Å². The third-order valence-electron chi connectivity index (χ3n) is 15.1. The van der Waals surface area contributed by atoms with Crippen LogP contribution in [0.25, 0.3) is 0 Å². The van der Waals surface area contributed by atoms with Gasteiger partial charge in [-0.15, -0.1) is 0 Å². The van der Waals surface area contributed by atoms with E-state index in [9.17, 15) is 0 Å². The van der Waals surface area contributed by atoms with Gasteiger partial charge in [0.25, 0.3) is 0 Å². The SMILES string of the molecule is BBB(B(B)B)B(B(B)B)B(B(B(B(B)B)B(B)B)B(B(B)B)B(B)B)B(B(B(B(B)B)B(B)B)B(B(B)B)B(B)B)c1ccc(Cc2cc(N)cc(N)c2)cc1. The molecule has 0 atom stereocenters. The summed E-state index contributed by atoms with van der Waals surface area (Å²) in [5.74, 6) is 0. The summed E-state index contributed by atoms with van der Waals surface area (Å²) in [6, 6.07) is 16.2. The van der Waals surface area contributed by atoms with Crippen LogP contribution in [0.4, 0.5) is 11.4 Å². The molecule has 0 saturated carbocycles. The molecule has 4 N–H and O–H groups in total. The Kier molecular flexibility index (Phi) is 23.2. The van der Waals surface area contributed by atoms with Crippen LogP contribution in [0.15, 0.2) is 42.5 Å². The Morgan fingerprint density at radius 3 is 0.982 bits per heavy atom. The zero-order valence-corrected chi connectivity index (χ0v) is 41.7. The van der Waals surface area contributed by atoms with E-state index in [4.69, 9.17) is 11.5 Å². The van der Waals surface area contributed by atoms with E-state index < -0.39 is 0 Å². The fourth-order valence-corrected chi connectivity index (χ4v) is 13.9. The van der Waals surface area contributed by atoms with E-state index in [1.807, 2.05) is 6.07 Å². The lowest BCUT2D eigenvalue weighted by molar-refractivity contribution is 1.20. The molecule has 0 radical (unpaired) electrons. The zero-order valence-electron chi connectivity index (χ0n) is 41.7. The maximum Gasteiger partial charge on any atom is 0.0804 e. The summed E-state index contributed by atoms with van der Waals surface area (Å²) in [5, 5.41) is 0. The van der Waals surface area contributed by atoms with E-state index in [1.54, 1.807) is 5.46 Å². The Labute approximate surface area is 382 Å². The molecule has 0 fully saturated rings. The summed E-state index contributed by atoms with van der Waals surface area (Å²) in [4.78, 5) is 0. The van der Waals surface area contributed by atoms with E-state index in [0.29, 0.717) is 128 Å². The molecule has 0 aliphatic heterocycles. The molecule has 2 nitrogen and oxygen atoms in total. The Morgan fingerprint density at radius 1 is 0.368 bits per heavy atom. The molecule has 2 aromatic rings. The first-order valence-electron chi connectivity index (χ1n) is 24.1. The molecule has 2 aromatic carbocycles. The predicted octanol–water partition coefficient (Wildman–Crippen LogP) is -25.9. The van der Waals surface area contributed by atoms with Crippen molar-refractivity contribution in [2.75, 3.05) is 11.5 Å². The Bertz CT molecular complexity index is 1360. The maximum atomic E-state index is 6.29. The quantitative estimate of drug-likeness (QED) is 0.0899. The molecule has 0 heterocycles. The molecule has 244 valence electrons. The van der Waals surface area contributed by atoms with Crippen molar-refractivity contribution in [3.8, 4) is 0 Å². The lowest BCUT2D eigenvalue weighted by atomic mass is 8.29. The van der Waals surface area contributed by atoms with Crippen LogP contribution in [0.5, 0.6) is 0 Å². The van der Waals surface area contributed by atoms with Crippen molar-refractivity contribution in [2.45, 2.75) is 6.42 Å². The highest BCUT2D eigenvalue weighted by atomic mass is 14.6. The van der Waals surface area contributed by atoms with E-state index >= 15 is 0 Å². The summed E-state index contributed by atoms with van der Waals surface area (Å²) in [6.45, 7) is 0.428. The number of benzene rings is 2. The van der Waals surface area contributed by atoms with Crippen LogP contribution in [-0.4, -0.2) is 297 Å². The fourth-order valence-electron chi connectivity index (χ4n) is 13.9. The van der Waals surface area contributed by atoms with Crippen molar-refractivity contribution in [3.63, 3.8) is 0 Å². The number of nitrogen functional groups attached to an aromatic ring is 2. The number of hydrogen-bond acceptors (Lipinski definition) is 2. The Morgan fingerprint density at radius 2 is 0.684 bits per heavy atom. The third-order valence-corrected chi connectivity index (χ3v) is 15.1. The first-order valence-corrected chi connectivity index (χ1v) is 24.1. The second-order valence-electron chi connectivity index (χ2n) is 22.6. The lowest BCUT2D eigenvalue weighted by Crippen LogP contribution is -2.92. The first kappa shape index (κ1) is 53.9. The van der Waals surface area contributed by atoms with Crippen LogP contribution in [0.2, 0.25) is 0 Å².